The highest BCUT2D eigenvalue weighted by Crippen LogP contribution is 2.39. The van der Waals surface area contributed by atoms with Crippen LogP contribution in [0.15, 0.2) is 24.3 Å². The summed E-state index contributed by atoms with van der Waals surface area (Å²) in [5.41, 5.74) is 0.939. The van der Waals surface area contributed by atoms with Gasteiger partial charge in [0.05, 0.1) is 24.0 Å². The van der Waals surface area contributed by atoms with Crippen molar-refractivity contribution in [1.29, 1.82) is 0 Å². The fraction of sp³-hybridized carbons (Fsp3) is 0.500. The van der Waals surface area contributed by atoms with Gasteiger partial charge in [0.25, 0.3) is 0 Å². The maximum Gasteiger partial charge on any atom is 0.307 e. The number of benzene rings is 1. The van der Waals surface area contributed by atoms with Crippen molar-refractivity contribution in [3.05, 3.63) is 29.8 Å². The first-order valence-corrected chi connectivity index (χ1v) is 7.18. The van der Waals surface area contributed by atoms with Crippen LogP contribution in [0.2, 0.25) is 0 Å². The highest BCUT2D eigenvalue weighted by molar-refractivity contribution is 5.89. The fourth-order valence-electron chi connectivity index (χ4n) is 2.29. The van der Waals surface area contributed by atoms with Gasteiger partial charge in [-0.1, -0.05) is 12.1 Å². The Labute approximate surface area is 124 Å². The second-order valence-electron chi connectivity index (χ2n) is 5.76. The monoisotopic (exact) mass is 291 g/mol. The van der Waals surface area contributed by atoms with E-state index in [1.807, 2.05) is 45.0 Å². The highest BCUT2D eigenvalue weighted by Gasteiger charge is 2.48. The molecule has 1 aliphatic carbocycles. The van der Waals surface area contributed by atoms with E-state index in [4.69, 9.17) is 9.84 Å². The van der Waals surface area contributed by atoms with Crippen LogP contribution in [-0.4, -0.2) is 23.1 Å². The third kappa shape index (κ3) is 3.97. The molecule has 3 unspecified atom stereocenters. The summed E-state index contributed by atoms with van der Waals surface area (Å²) >= 11 is 0. The molecule has 1 fully saturated rings. The van der Waals surface area contributed by atoms with Crippen LogP contribution in [0.3, 0.4) is 0 Å². The molecule has 0 aromatic heterocycles. The average Bonchev–Trinajstić information content (AvgIpc) is 3.18. The first kappa shape index (κ1) is 15.4. The molecule has 5 nitrogen and oxygen atoms in total. The summed E-state index contributed by atoms with van der Waals surface area (Å²) in [4.78, 5) is 22.7. The van der Waals surface area contributed by atoms with Gasteiger partial charge in [-0.3, -0.25) is 9.59 Å². The Morgan fingerprint density at radius 1 is 1.29 bits per heavy atom. The number of amides is 1. The Bertz CT molecular complexity index is 541. The van der Waals surface area contributed by atoms with Crippen LogP contribution in [0.1, 0.15) is 38.8 Å². The zero-order valence-electron chi connectivity index (χ0n) is 12.5. The highest BCUT2D eigenvalue weighted by atomic mass is 16.5. The van der Waals surface area contributed by atoms with E-state index in [-0.39, 0.29) is 24.0 Å². The minimum atomic E-state index is -0.893. The van der Waals surface area contributed by atoms with Gasteiger partial charge in [-0.2, -0.15) is 0 Å². The summed E-state index contributed by atoms with van der Waals surface area (Å²) in [5.74, 6) is -1.23. The average molecular weight is 291 g/mol. The molecule has 1 amide bonds. The Kier molecular flexibility index (Phi) is 4.50. The van der Waals surface area contributed by atoms with Crippen molar-refractivity contribution in [2.24, 2.45) is 11.8 Å². The predicted molar refractivity (Wildman–Crippen MR) is 78.0 cm³/mol. The van der Waals surface area contributed by atoms with E-state index < -0.39 is 11.9 Å². The van der Waals surface area contributed by atoms with Crippen molar-refractivity contribution in [2.45, 2.75) is 39.3 Å². The lowest BCUT2D eigenvalue weighted by Gasteiger charge is -2.16. The minimum absolute atomic E-state index is 0.0907. The van der Waals surface area contributed by atoms with Crippen LogP contribution in [0.25, 0.3) is 0 Å². The summed E-state index contributed by atoms with van der Waals surface area (Å²) in [6.45, 7) is 5.79. The molecule has 3 atom stereocenters. The molecule has 0 aliphatic heterocycles. The molecule has 0 heterocycles. The first-order chi connectivity index (χ1) is 9.88. The second kappa shape index (κ2) is 6.16. The molecule has 21 heavy (non-hydrogen) atoms. The molecule has 1 aromatic rings. The molecular formula is C16H21NO4. The number of carboxylic acids is 1. The maximum atomic E-state index is 12.0. The van der Waals surface area contributed by atoms with Crippen molar-refractivity contribution in [3.63, 3.8) is 0 Å². The van der Waals surface area contributed by atoms with Crippen molar-refractivity contribution in [2.75, 3.05) is 0 Å². The van der Waals surface area contributed by atoms with Gasteiger partial charge < -0.3 is 15.2 Å². The van der Waals surface area contributed by atoms with Gasteiger partial charge in [0.1, 0.15) is 5.75 Å². The van der Waals surface area contributed by atoms with Gasteiger partial charge in [0, 0.05) is 0 Å². The quantitative estimate of drug-likeness (QED) is 0.843. The van der Waals surface area contributed by atoms with Gasteiger partial charge in [-0.25, -0.2) is 0 Å². The molecule has 1 aromatic carbocycles. The Morgan fingerprint density at radius 2 is 2.00 bits per heavy atom. The van der Waals surface area contributed by atoms with E-state index in [0.717, 1.165) is 11.3 Å². The van der Waals surface area contributed by atoms with Gasteiger partial charge in [0.2, 0.25) is 5.91 Å². The minimum Gasteiger partial charge on any atom is -0.491 e. The molecule has 114 valence electrons. The molecule has 2 N–H and O–H groups in total. The Hall–Kier alpha value is -2.04. The van der Waals surface area contributed by atoms with Gasteiger partial charge in [-0.15, -0.1) is 0 Å². The number of carbonyl (C=O) groups is 2. The van der Waals surface area contributed by atoms with E-state index in [9.17, 15) is 9.59 Å². The largest absolute Gasteiger partial charge is 0.491 e. The van der Waals surface area contributed by atoms with Crippen molar-refractivity contribution in [1.82, 2.24) is 5.32 Å². The molecule has 1 aliphatic rings. The number of ether oxygens (including phenoxy) is 1. The number of hydrogen-bond acceptors (Lipinski definition) is 3. The van der Waals surface area contributed by atoms with Gasteiger partial charge >= 0.3 is 5.97 Å². The molecule has 0 spiro atoms. The second-order valence-corrected chi connectivity index (χ2v) is 5.76. The van der Waals surface area contributed by atoms with Crippen molar-refractivity contribution in [3.8, 4) is 5.75 Å². The van der Waals surface area contributed by atoms with Crippen LogP contribution >= 0.6 is 0 Å². The number of hydrogen-bond donors (Lipinski definition) is 2. The van der Waals surface area contributed by atoms with Crippen LogP contribution in [0.4, 0.5) is 0 Å². The molecule has 1 saturated carbocycles. The lowest BCUT2D eigenvalue weighted by atomic mass is 10.1. The lowest BCUT2D eigenvalue weighted by molar-refractivity contribution is -0.140. The molecule has 0 bridgehead atoms. The topological polar surface area (TPSA) is 75.6 Å². The van der Waals surface area contributed by atoms with E-state index in [1.54, 1.807) is 0 Å². The van der Waals surface area contributed by atoms with E-state index >= 15 is 0 Å². The van der Waals surface area contributed by atoms with Crippen molar-refractivity contribution >= 4 is 11.9 Å². The third-order valence-corrected chi connectivity index (χ3v) is 3.53. The van der Waals surface area contributed by atoms with Crippen LogP contribution in [0.5, 0.6) is 5.75 Å². The molecular weight excluding hydrogens is 270 g/mol. The summed E-state index contributed by atoms with van der Waals surface area (Å²) in [6, 6.07) is 7.39. The number of rotatable bonds is 6. The summed E-state index contributed by atoms with van der Waals surface area (Å²) in [5, 5.41) is 11.7. The number of aliphatic carboxylic acids is 1. The smallest absolute Gasteiger partial charge is 0.307 e. The fourth-order valence-corrected chi connectivity index (χ4v) is 2.29. The normalized spacial score (nSPS) is 21.7. The van der Waals surface area contributed by atoms with E-state index in [1.165, 1.54) is 0 Å². The number of carboxylic acid groups (broad SMARTS) is 1. The third-order valence-electron chi connectivity index (χ3n) is 3.53. The van der Waals surface area contributed by atoms with E-state index in [2.05, 4.69) is 5.32 Å². The molecule has 2 rings (SSSR count). The maximum absolute atomic E-state index is 12.0. The summed E-state index contributed by atoms with van der Waals surface area (Å²) in [6.07, 6.45) is 0.526. The lowest BCUT2D eigenvalue weighted by Crippen LogP contribution is -2.29. The Balaban J connectivity index is 1.95. The zero-order chi connectivity index (χ0) is 15.6. The standard InChI is InChI=1S/C16H21NO4/c1-9(2)21-12-6-4-5-11(7-12)10(3)17-15(18)13-8-14(13)16(19)20/h4-7,9-10,13-14H,8H2,1-3H3,(H,17,18)(H,19,20). The molecule has 0 saturated heterocycles. The summed E-state index contributed by atoms with van der Waals surface area (Å²) < 4.78 is 5.63. The summed E-state index contributed by atoms with van der Waals surface area (Å²) in [7, 11) is 0. The van der Waals surface area contributed by atoms with Crippen LogP contribution < -0.4 is 10.1 Å². The SMILES string of the molecule is CC(C)Oc1cccc(C(C)NC(=O)C2CC2C(=O)O)c1. The predicted octanol–water partition coefficient (Wildman–Crippen LogP) is 2.37. The van der Waals surface area contributed by atoms with Crippen LogP contribution in [-0.2, 0) is 9.59 Å². The first-order valence-electron chi connectivity index (χ1n) is 7.18. The molecule has 5 heteroatoms. The molecule has 0 radical (unpaired) electrons. The zero-order valence-corrected chi connectivity index (χ0v) is 12.5. The number of carbonyl (C=O) groups excluding carboxylic acids is 1. The number of nitrogens with one attached hydrogen (secondary N) is 1. The van der Waals surface area contributed by atoms with E-state index in [0.29, 0.717) is 6.42 Å². The van der Waals surface area contributed by atoms with Crippen LogP contribution in [0, 0.1) is 11.8 Å². The van der Waals surface area contributed by atoms with Gasteiger partial charge in [0.15, 0.2) is 0 Å². The van der Waals surface area contributed by atoms with Crippen molar-refractivity contribution < 1.29 is 19.4 Å². The van der Waals surface area contributed by atoms with Gasteiger partial charge in [-0.05, 0) is 44.9 Å². The Morgan fingerprint density at radius 3 is 2.57 bits per heavy atom.